The zero-order chi connectivity index (χ0) is 22.0. The molecular formula is C24H24ClN3O3. The standard InChI is InChI=1S/C24H24ClN3O3/c1-16-13-23(29)26-20-5-3-4-6-21(20)28(16)24(30)15-27(2)14-19-11-12-22(31-19)17-7-9-18(25)10-8-17/h3-12,16H,13-15H2,1-2H3,(H,26,29). The number of benzene rings is 2. The van der Waals surface area contributed by atoms with Crippen LogP contribution in [-0.2, 0) is 16.1 Å². The third-order valence-corrected chi connectivity index (χ3v) is 5.50. The first-order valence-electron chi connectivity index (χ1n) is 10.1. The smallest absolute Gasteiger partial charge is 0.241 e. The molecule has 0 spiro atoms. The molecule has 0 saturated heterocycles. The highest BCUT2D eigenvalue weighted by atomic mass is 35.5. The zero-order valence-corrected chi connectivity index (χ0v) is 18.2. The van der Waals surface area contributed by atoms with Crippen LogP contribution in [0.1, 0.15) is 19.1 Å². The molecule has 31 heavy (non-hydrogen) atoms. The molecule has 2 heterocycles. The summed E-state index contributed by atoms with van der Waals surface area (Å²) < 4.78 is 5.95. The SMILES string of the molecule is CC1CC(=O)Nc2ccccc2N1C(=O)CN(C)Cc1ccc(-c2ccc(Cl)cc2)o1. The monoisotopic (exact) mass is 437 g/mol. The van der Waals surface area contributed by atoms with Crippen LogP contribution in [0.15, 0.2) is 65.1 Å². The number of amides is 2. The Morgan fingerprint density at radius 1 is 1.16 bits per heavy atom. The van der Waals surface area contributed by atoms with E-state index in [0.717, 1.165) is 22.8 Å². The fourth-order valence-electron chi connectivity index (χ4n) is 3.83. The zero-order valence-electron chi connectivity index (χ0n) is 17.5. The topological polar surface area (TPSA) is 65.8 Å². The number of nitrogens with zero attached hydrogens (tertiary/aromatic N) is 2. The van der Waals surface area contributed by atoms with Crippen molar-refractivity contribution in [2.45, 2.75) is 25.9 Å². The van der Waals surface area contributed by atoms with Gasteiger partial charge in [0.05, 0.1) is 24.5 Å². The summed E-state index contributed by atoms with van der Waals surface area (Å²) in [7, 11) is 1.88. The van der Waals surface area contributed by atoms with Gasteiger partial charge < -0.3 is 14.6 Å². The van der Waals surface area contributed by atoms with Crippen molar-refractivity contribution >= 4 is 34.8 Å². The number of hydrogen-bond acceptors (Lipinski definition) is 4. The first kappa shape index (κ1) is 21.2. The maximum atomic E-state index is 13.2. The van der Waals surface area contributed by atoms with E-state index in [0.29, 0.717) is 17.3 Å². The first-order valence-corrected chi connectivity index (χ1v) is 10.5. The quantitative estimate of drug-likeness (QED) is 0.622. The van der Waals surface area contributed by atoms with Gasteiger partial charge in [-0.15, -0.1) is 0 Å². The average Bonchev–Trinajstić information content (AvgIpc) is 3.12. The van der Waals surface area contributed by atoms with Crippen molar-refractivity contribution < 1.29 is 14.0 Å². The number of nitrogens with one attached hydrogen (secondary N) is 1. The van der Waals surface area contributed by atoms with Gasteiger partial charge in [0.25, 0.3) is 0 Å². The van der Waals surface area contributed by atoms with Crippen LogP contribution in [0, 0.1) is 0 Å². The van der Waals surface area contributed by atoms with E-state index < -0.39 is 0 Å². The van der Waals surface area contributed by atoms with E-state index in [9.17, 15) is 9.59 Å². The second kappa shape index (κ2) is 8.96. The van der Waals surface area contributed by atoms with Gasteiger partial charge in [-0.2, -0.15) is 0 Å². The van der Waals surface area contributed by atoms with Gasteiger partial charge in [0.15, 0.2) is 0 Å². The van der Waals surface area contributed by atoms with Crippen molar-refractivity contribution in [3.05, 3.63) is 71.4 Å². The summed E-state index contributed by atoms with van der Waals surface area (Å²) in [5, 5.41) is 3.56. The Morgan fingerprint density at radius 2 is 1.90 bits per heavy atom. The third kappa shape index (κ3) is 4.81. The largest absolute Gasteiger partial charge is 0.460 e. The molecule has 1 aliphatic heterocycles. The summed E-state index contributed by atoms with van der Waals surface area (Å²) in [6.07, 6.45) is 0.257. The highest BCUT2D eigenvalue weighted by Gasteiger charge is 2.30. The number of carbonyl (C=O) groups excluding carboxylic acids is 2. The van der Waals surface area contributed by atoms with Gasteiger partial charge in [-0.25, -0.2) is 0 Å². The molecule has 2 aromatic carbocycles. The minimum absolute atomic E-state index is 0.0663. The second-order valence-corrected chi connectivity index (χ2v) is 8.26. The van der Waals surface area contributed by atoms with Crippen LogP contribution in [-0.4, -0.2) is 36.3 Å². The molecule has 2 amide bonds. The summed E-state index contributed by atoms with van der Waals surface area (Å²) in [4.78, 5) is 29.0. The number of anilines is 2. The lowest BCUT2D eigenvalue weighted by molar-refractivity contribution is -0.120. The van der Waals surface area contributed by atoms with E-state index in [1.165, 1.54) is 0 Å². The maximum absolute atomic E-state index is 13.2. The molecule has 0 radical (unpaired) electrons. The number of likely N-dealkylation sites (N-methyl/N-ethyl adjacent to an activating group) is 1. The Labute approximate surface area is 186 Å². The number of rotatable bonds is 5. The summed E-state index contributed by atoms with van der Waals surface area (Å²) in [5.41, 5.74) is 2.33. The molecule has 4 rings (SSSR count). The van der Waals surface area contributed by atoms with Gasteiger partial charge in [-0.05, 0) is 62.5 Å². The normalized spacial score (nSPS) is 16.1. The van der Waals surface area contributed by atoms with Gasteiger partial charge >= 0.3 is 0 Å². The molecule has 7 heteroatoms. The molecule has 1 N–H and O–H groups in total. The molecule has 0 aliphatic carbocycles. The van der Waals surface area contributed by atoms with E-state index in [2.05, 4.69) is 5.32 Å². The molecular weight excluding hydrogens is 414 g/mol. The molecule has 1 unspecified atom stereocenters. The highest BCUT2D eigenvalue weighted by Crippen LogP contribution is 2.31. The molecule has 0 saturated carbocycles. The molecule has 0 bridgehead atoms. The lowest BCUT2D eigenvalue weighted by atomic mass is 10.1. The van der Waals surface area contributed by atoms with Crippen molar-refractivity contribution in [3.8, 4) is 11.3 Å². The highest BCUT2D eigenvalue weighted by molar-refractivity contribution is 6.30. The lowest BCUT2D eigenvalue weighted by Crippen LogP contribution is -2.44. The molecule has 160 valence electrons. The average molecular weight is 438 g/mol. The fraction of sp³-hybridized carbons (Fsp3) is 0.250. The number of para-hydroxylation sites is 2. The van der Waals surface area contributed by atoms with Crippen molar-refractivity contribution in [2.75, 3.05) is 23.8 Å². The number of fused-ring (bicyclic) bond motifs is 1. The Hall–Kier alpha value is -3.09. The predicted octanol–water partition coefficient (Wildman–Crippen LogP) is 4.80. The van der Waals surface area contributed by atoms with Crippen molar-refractivity contribution in [2.24, 2.45) is 0 Å². The third-order valence-electron chi connectivity index (χ3n) is 5.25. The van der Waals surface area contributed by atoms with Gasteiger partial charge in [-0.1, -0.05) is 23.7 Å². The maximum Gasteiger partial charge on any atom is 0.241 e. The predicted molar refractivity (Wildman–Crippen MR) is 122 cm³/mol. The summed E-state index contributed by atoms with van der Waals surface area (Å²) >= 11 is 5.95. The summed E-state index contributed by atoms with van der Waals surface area (Å²) in [6.45, 7) is 2.58. The van der Waals surface area contributed by atoms with E-state index in [1.54, 1.807) is 4.90 Å². The van der Waals surface area contributed by atoms with Gasteiger partial charge in [-0.3, -0.25) is 14.5 Å². The van der Waals surface area contributed by atoms with Crippen LogP contribution < -0.4 is 10.2 Å². The molecule has 6 nitrogen and oxygen atoms in total. The van der Waals surface area contributed by atoms with E-state index in [1.807, 2.05) is 79.5 Å². The summed E-state index contributed by atoms with van der Waals surface area (Å²) in [6, 6.07) is 18.5. The minimum Gasteiger partial charge on any atom is -0.460 e. The minimum atomic E-state index is -0.232. The van der Waals surface area contributed by atoms with E-state index in [4.69, 9.17) is 16.0 Å². The first-order chi connectivity index (χ1) is 14.9. The van der Waals surface area contributed by atoms with Crippen LogP contribution in [0.4, 0.5) is 11.4 Å². The Morgan fingerprint density at radius 3 is 2.68 bits per heavy atom. The number of furan rings is 1. The molecule has 0 fully saturated rings. The van der Waals surface area contributed by atoms with Crippen LogP contribution in [0.5, 0.6) is 0 Å². The van der Waals surface area contributed by atoms with Crippen molar-refractivity contribution in [3.63, 3.8) is 0 Å². The van der Waals surface area contributed by atoms with E-state index >= 15 is 0 Å². The lowest BCUT2D eigenvalue weighted by Gasteiger charge is -2.29. The van der Waals surface area contributed by atoms with Crippen LogP contribution in [0.3, 0.4) is 0 Å². The molecule has 1 atom stereocenters. The molecule has 1 aliphatic rings. The van der Waals surface area contributed by atoms with Crippen LogP contribution in [0.25, 0.3) is 11.3 Å². The van der Waals surface area contributed by atoms with Crippen molar-refractivity contribution in [1.82, 2.24) is 4.90 Å². The number of carbonyl (C=O) groups is 2. The number of hydrogen-bond donors (Lipinski definition) is 1. The molecule has 1 aromatic heterocycles. The van der Waals surface area contributed by atoms with Crippen molar-refractivity contribution in [1.29, 1.82) is 0 Å². The Bertz CT molecular complexity index is 1090. The Balaban J connectivity index is 1.45. The fourth-order valence-corrected chi connectivity index (χ4v) is 3.96. The van der Waals surface area contributed by atoms with Gasteiger partial charge in [0.1, 0.15) is 11.5 Å². The second-order valence-electron chi connectivity index (χ2n) is 7.83. The van der Waals surface area contributed by atoms with Gasteiger partial charge in [0.2, 0.25) is 11.8 Å². The molecule has 3 aromatic rings. The Kier molecular flexibility index (Phi) is 6.11. The van der Waals surface area contributed by atoms with Crippen LogP contribution >= 0.6 is 11.6 Å². The summed E-state index contributed by atoms with van der Waals surface area (Å²) in [5.74, 6) is 1.37. The van der Waals surface area contributed by atoms with Crippen LogP contribution in [0.2, 0.25) is 5.02 Å². The van der Waals surface area contributed by atoms with E-state index in [-0.39, 0.29) is 30.8 Å². The number of halogens is 1. The van der Waals surface area contributed by atoms with Gasteiger partial charge in [0, 0.05) is 23.0 Å².